The molecule has 4 nitrogen and oxygen atoms in total. The van der Waals surface area contributed by atoms with Crippen molar-refractivity contribution in [1.82, 2.24) is 5.32 Å². The van der Waals surface area contributed by atoms with Crippen molar-refractivity contribution in [2.45, 2.75) is 25.0 Å². The van der Waals surface area contributed by atoms with Gasteiger partial charge in [-0.1, -0.05) is 43.3 Å². The number of hydrogen-bond donors (Lipinski definition) is 2. The largest absolute Gasteiger partial charge is 0.490 e. The monoisotopic (exact) mass is 313 g/mol. The quantitative estimate of drug-likeness (QED) is 0.891. The molecular weight excluding hydrogens is 290 g/mol. The Morgan fingerprint density at radius 3 is 2.74 bits per heavy atom. The number of aryl methyl sites for hydroxylation is 1. The predicted octanol–water partition coefficient (Wildman–Crippen LogP) is 2.71. The average Bonchev–Trinajstić information content (AvgIpc) is 2.58. The Hall–Kier alpha value is -2.04. The second-order valence-corrected chi connectivity index (χ2v) is 5.92. The third-order valence-corrected chi connectivity index (χ3v) is 4.25. The van der Waals surface area contributed by atoms with Crippen LogP contribution in [0.2, 0.25) is 0 Å². The van der Waals surface area contributed by atoms with Crippen LogP contribution in [-0.4, -0.2) is 30.9 Å². The molecule has 0 saturated carbocycles. The zero-order valence-corrected chi connectivity index (χ0v) is 13.6. The molecule has 0 bridgehead atoms. The summed E-state index contributed by atoms with van der Waals surface area (Å²) in [6, 6.07) is 15.7. The molecule has 0 amide bonds. The molecule has 0 aromatic heterocycles. The van der Waals surface area contributed by atoms with Gasteiger partial charge in [-0.05, 0) is 31.2 Å². The molecular formula is C19H23NO3. The molecule has 1 heterocycles. The third-order valence-electron chi connectivity index (χ3n) is 4.25. The fraction of sp³-hybridized carbons (Fsp3) is 0.368. The van der Waals surface area contributed by atoms with Crippen LogP contribution < -0.4 is 14.8 Å². The highest BCUT2D eigenvalue weighted by atomic mass is 16.5. The van der Waals surface area contributed by atoms with Gasteiger partial charge in [-0.2, -0.15) is 0 Å². The summed E-state index contributed by atoms with van der Waals surface area (Å²) >= 11 is 0. The van der Waals surface area contributed by atoms with Crippen LogP contribution >= 0.6 is 0 Å². The van der Waals surface area contributed by atoms with E-state index in [9.17, 15) is 5.11 Å². The maximum absolute atomic E-state index is 11.1. The normalized spacial score (nSPS) is 23.0. The first-order chi connectivity index (χ1) is 11.2. The summed E-state index contributed by atoms with van der Waals surface area (Å²) in [5.41, 5.74) is 0.884. The summed E-state index contributed by atoms with van der Waals surface area (Å²) in [6.07, 6.45) is 0.401. The molecule has 0 fully saturated rings. The van der Waals surface area contributed by atoms with Crippen molar-refractivity contribution in [2.24, 2.45) is 0 Å². The number of likely N-dealkylation sites (N-methyl/N-ethyl adjacent to an activating group) is 1. The highest BCUT2D eigenvalue weighted by Gasteiger charge is 2.45. The van der Waals surface area contributed by atoms with E-state index >= 15 is 0 Å². The maximum Gasteiger partial charge on any atom is 0.160 e. The van der Waals surface area contributed by atoms with Crippen molar-refractivity contribution in [3.63, 3.8) is 0 Å². The van der Waals surface area contributed by atoms with E-state index in [0.29, 0.717) is 6.54 Å². The zero-order chi connectivity index (χ0) is 16.3. The van der Waals surface area contributed by atoms with Gasteiger partial charge in [-0.25, -0.2) is 0 Å². The first-order valence-electron chi connectivity index (χ1n) is 8.01. The maximum atomic E-state index is 11.1. The molecule has 4 heteroatoms. The second-order valence-electron chi connectivity index (χ2n) is 5.92. The molecule has 0 radical (unpaired) electrons. The Morgan fingerprint density at radius 2 is 1.96 bits per heavy atom. The van der Waals surface area contributed by atoms with Crippen LogP contribution in [0.1, 0.15) is 24.2 Å². The fourth-order valence-corrected chi connectivity index (χ4v) is 3.06. The number of rotatable bonds is 5. The summed E-state index contributed by atoms with van der Waals surface area (Å²) in [6.45, 7) is 2.68. The molecule has 2 atom stereocenters. The van der Waals surface area contributed by atoms with Crippen LogP contribution in [0.5, 0.6) is 11.5 Å². The first kappa shape index (κ1) is 15.8. The predicted molar refractivity (Wildman–Crippen MR) is 90.0 cm³/mol. The summed E-state index contributed by atoms with van der Waals surface area (Å²) in [7, 11) is 1.82. The summed E-state index contributed by atoms with van der Waals surface area (Å²) in [5.74, 6) is 1.58. The Bertz CT molecular complexity index is 673. The number of benzene rings is 2. The molecule has 0 spiro atoms. The average molecular weight is 313 g/mol. The highest BCUT2D eigenvalue weighted by Crippen LogP contribution is 2.41. The van der Waals surface area contributed by atoms with Crippen LogP contribution in [0.25, 0.3) is 0 Å². The lowest BCUT2D eigenvalue weighted by Gasteiger charge is -2.40. The van der Waals surface area contributed by atoms with Gasteiger partial charge in [-0.3, -0.25) is 0 Å². The Kier molecular flexibility index (Phi) is 4.55. The minimum atomic E-state index is -1.12. The molecule has 2 aromatic rings. The van der Waals surface area contributed by atoms with E-state index in [0.717, 1.165) is 29.0 Å². The van der Waals surface area contributed by atoms with Gasteiger partial charge in [0.15, 0.2) is 11.7 Å². The molecule has 0 saturated heterocycles. The SMILES string of the molecule is CCc1ccccc1O[C@@H]1c2ccccc2OC[C@]1(O)CNC. The highest BCUT2D eigenvalue weighted by molar-refractivity contribution is 5.41. The van der Waals surface area contributed by atoms with Crippen molar-refractivity contribution >= 4 is 0 Å². The summed E-state index contributed by atoms with van der Waals surface area (Å²) < 4.78 is 12.0. The lowest BCUT2D eigenvalue weighted by molar-refractivity contribution is -0.101. The summed E-state index contributed by atoms with van der Waals surface area (Å²) in [4.78, 5) is 0. The lowest BCUT2D eigenvalue weighted by Crippen LogP contribution is -2.53. The summed E-state index contributed by atoms with van der Waals surface area (Å²) in [5, 5.41) is 14.1. The molecule has 23 heavy (non-hydrogen) atoms. The van der Waals surface area contributed by atoms with E-state index in [1.807, 2.05) is 49.5 Å². The molecule has 3 rings (SSSR count). The molecule has 1 aliphatic heterocycles. The number of para-hydroxylation sites is 2. The van der Waals surface area contributed by atoms with Gasteiger partial charge < -0.3 is 19.9 Å². The number of ether oxygens (including phenoxy) is 2. The van der Waals surface area contributed by atoms with Crippen molar-refractivity contribution in [1.29, 1.82) is 0 Å². The van der Waals surface area contributed by atoms with Crippen LogP contribution in [-0.2, 0) is 6.42 Å². The Morgan fingerprint density at radius 1 is 1.22 bits per heavy atom. The molecule has 1 aliphatic rings. The van der Waals surface area contributed by atoms with Crippen molar-refractivity contribution in [2.75, 3.05) is 20.2 Å². The van der Waals surface area contributed by atoms with E-state index in [-0.39, 0.29) is 6.61 Å². The molecule has 0 aliphatic carbocycles. The number of aliphatic hydroxyl groups is 1. The Balaban J connectivity index is 2.01. The lowest BCUT2D eigenvalue weighted by atomic mass is 9.88. The third kappa shape index (κ3) is 3.05. The molecule has 2 N–H and O–H groups in total. The van der Waals surface area contributed by atoms with E-state index in [2.05, 4.69) is 18.3 Å². The van der Waals surface area contributed by atoms with Gasteiger partial charge in [0.25, 0.3) is 0 Å². The van der Waals surface area contributed by atoms with Gasteiger partial charge in [0.2, 0.25) is 0 Å². The minimum absolute atomic E-state index is 0.198. The van der Waals surface area contributed by atoms with E-state index in [1.54, 1.807) is 0 Å². The smallest absolute Gasteiger partial charge is 0.160 e. The Labute approximate surface area is 137 Å². The van der Waals surface area contributed by atoms with Gasteiger partial charge in [0, 0.05) is 12.1 Å². The van der Waals surface area contributed by atoms with Crippen molar-refractivity contribution in [3.8, 4) is 11.5 Å². The van der Waals surface area contributed by atoms with Gasteiger partial charge in [0.05, 0.1) is 0 Å². The molecule has 0 unspecified atom stereocenters. The number of nitrogens with one attached hydrogen (secondary N) is 1. The second kappa shape index (κ2) is 6.60. The van der Waals surface area contributed by atoms with Crippen molar-refractivity contribution < 1.29 is 14.6 Å². The van der Waals surface area contributed by atoms with Crippen LogP contribution in [0.15, 0.2) is 48.5 Å². The van der Waals surface area contributed by atoms with Gasteiger partial charge in [0.1, 0.15) is 18.1 Å². The first-order valence-corrected chi connectivity index (χ1v) is 8.01. The van der Waals surface area contributed by atoms with E-state index in [4.69, 9.17) is 9.47 Å². The molecule has 2 aromatic carbocycles. The van der Waals surface area contributed by atoms with Crippen LogP contribution in [0.3, 0.4) is 0 Å². The van der Waals surface area contributed by atoms with Crippen molar-refractivity contribution in [3.05, 3.63) is 59.7 Å². The van der Waals surface area contributed by atoms with E-state index in [1.165, 1.54) is 0 Å². The van der Waals surface area contributed by atoms with Gasteiger partial charge in [-0.15, -0.1) is 0 Å². The van der Waals surface area contributed by atoms with Crippen LogP contribution in [0.4, 0.5) is 0 Å². The standard InChI is InChI=1S/C19H23NO3/c1-3-14-8-4-6-10-16(14)23-18-15-9-5-7-11-17(15)22-13-19(18,21)12-20-2/h4-11,18,20-21H,3,12-13H2,1-2H3/t18-,19-/m1/s1. The fourth-order valence-electron chi connectivity index (χ4n) is 3.06. The van der Waals surface area contributed by atoms with E-state index < -0.39 is 11.7 Å². The number of fused-ring (bicyclic) bond motifs is 1. The van der Waals surface area contributed by atoms with Crippen LogP contribution in [0, 0.1) is 0 Å². The topological polar surface area (TPSA) is 50.7 Å². The molecule has 122 valence electrons. The van der Waals surface area contributed by atoms with Gasteiger partial charge >= 0.3 is 0 Å². The zero-order valence-electron chi connectivity index (χ0n) is 13.6. The minimum Gasteiger partial charge on any atom is -0.490 e. The number of hydrogen-bond acceptors (Lipinski definition) is 4.